The van der Waals surface area contributed by atoms with Crippen molar-refractivity contribution in [3.8, 4) is 5.75 Å². The van der Waals surface area contributed by atoms with E-state index in [1.165, 1.54) is 64.2 Å². The van der Waals surface area contributed by atoms with Gasteiger partial charge in [0, 0.05) is 12.0 Å². The van der Waals surface area contributed by atoms with Crippen molar-refractivity contribution in [3.05, 3.63) is 60.2 Å². The summed E-state index contributed by atoms with van der Waals surface area (Å²) in [6.07, 6.45) is 24.2. The molecular formula is C39H57N2O2+. The zero-order chi connectivity index (χ0) is 30.4. The molecule has 0 saturated heterocycles. The fraction of sp³-hybridized carbons (Fsp3) is 0.692. The molecule has 0 unspecified atom stereocenters. The second kappa shape index (κ2) is 12.2. The van der Waals surface area contributed by atoms with Gasteiger partial charge in [0.2, 0.25) is 12.1 Å². The lowest BCUT2D eigenvalue weighted by atomic mass is 9.47. The Labute approximate surface area is 261 Å². The number of methoxy groups -OCH3 is 1. The Kier molecular flexibility index (Phi) is 8.70. The molecule has 43 heavy (non-hydrogen) atoms. The molecular weight excluding hydrogens is 528 g/mol. The van der Waals surface area contributed by atoms with Crippen molar-refractivity contribution in [2.45, 2.75) is 118 Å². The molecule has 0 N–H and O–H groups in total. The average Bonchev–Trinajstić information content (AvgIpc) is 3.60. The Morgan fingerprint density at radius 2 is 1.81 bits per heavy atom. The van der Waals surface area contributed by atoms with Crippen molar-refractivity contribution in [3.63, 3.8) is 0 Å². The van der Waals surface area contributed by atoms with E-state index in [4.69, 9.17) is 4.74 Å². The second-order valence-corrected chi connectivity index (χ2v) is 15.9. The van der Waals surface area contributed by atoms with Gasteiger partial charge in [-0.3, -0.25) is 4.79 Å². The lowest BCUT2D eigenvalue weighted by Gasteiger charge is -2.58. The summed E-state index contributed by atoms with van der Waals surface area (Å²) in [6, 6.07) is 7.93. The van der Waals surface area contributed by atoms with Gasteiger partial charge in [-0.05, 0) is 116 Å². The van der Waals surface area contributed by atoms with Gasteiger partial charge in [-0.15, -0.1) is 0 Å². The SMILES string of the molecule is COc1ccc(C(=O)C[n+]2ccn([C@H]3CC[C@@]4(C)C(=CC[C@H]5[C@@H]6CC[C@H]([C@H](C)CCCC(C)C)[C@@]6(C)CC[C@@H]54)C3)c2)cc1. The van der Waals surface area contributed by atoms with E-state index in [2.05, 4.69) is 64.0 Å². The average molecular weight is 586 g/mol. The molecule has 4 aliphatic rings. The molecule has 4 nitrogen and oxygen atoms in total. The molecule has 0 bridgehead atoms. The van der Waals surface area contributed by atoms with Crippen LogP contribution >= 0.6 is 0 Å². The van der Waals surface area contributed by atoms with Crippen LogP contribution in [-0.4, -0.2) is 17.5 Å². The molecule has 1 heterocycles. The number of Topliss-reactive ketones (excluding diaryl/α,β-unsaturated/α-hetero) is 1. The Morgan fingerprint density at radius 3 is 2.56 bits per heavy atom. The first-order valence-electron chi connectivity index (χ1n) is 17.6. The molecule has 0 amide bonds. The summed E-state index contributed by atoms with van der Waals surface area (Å²) in [5.74, 6) is 6.21. The number of ketones is 1. The fourth-order valence-corrected chi connectivity index (χ4v) is 10.7. The first kappa shape index (κ1) is 30.7. The Hall–Kier alpha value is -2.36. The molecule has 4 heteroatoms. The Morgan fingerprint density at radius 1 is 1.02 bits per heavy atom. The molecule has 234 valence electrons. The lowest BCUT2D eigenvalue weighted by molar-refractivity contribution is -0.682. The van der Waals surface area contributed by atoms with Crippen LogP contribution in [0.15, 0.2) is 54.6 Å². The van der Waals surface area contributed by atoms with Gasteiger partial charge in [0.15, 0.2) is 6.54 Å². The number of nitrogens with zero attached hydrogens (tertiary/aromatic N) is 2. The number of carbonyl (C=O) groups is 1. The predicted octanol–water partition coefficient (Wildman–Crippen LogP) is 9.25. The van der Waals surface area contributed by atoms with Gasteiger partial charge < -0.3 is 4.74 Å². The van der Waals surface area contributed by atoms with Crippen LogP contribution in [0.4, 0.5) is 0 Å². The molecule has 0 radical (unpaired) electrons. The Balaban J connectivity index is 1.10. The molecule has 1 aromatic heterocycles. The van der Waals surface area contributed by atoms with Crippen LogP contribution in [0, 0.1) is 46.3 Å². The van der Waals surface area contributed by atoms with Gasteiger partial charge in [-0.1, -0.05) is 65.5 Å². The van der Waals surface area contributed by atoms with Crippen molar-refractivity contribution in [2.75, 3.05) is 7.11 Å². The third-order valence-electron chi connectivity index (χ3n) is 13.2. The van der Waals surface area contributed by atoms with E-state index in [0.29, 0.717) is 23.4 Å². The summed E-state index contributed by atoms with van der Waals surface area (Å²) in [5, 5.41) is 0. The van der Waals surface area contributed by atoms with E-state index in [-0.39, 0.29) is 5.78 Å². The van der Waals surface area contributed by atoms with Crippen LogP contribution in [0.1, 0.15) is 122 Å². The second-order valence-electron chi connectivity index (χ2n) is 15.9. The molecule has 0 aliphatic heterocycles. The number of carbonyl (C=O) groups excluding carboxylic acids is 1. The largest absolute Gasteiger partial charge is 0.497 e. The molecule has 3 saturated carbocycles. The number of allylic oxidation sites excluding steroid dienone is 2. The monoisotopic (exact) mass is 585 g/mol. The molecule has 8 atom stereocenters. The van der Waals surface area contributed by atoms with Crippen LogP contribution in [-0.2, 0) is 6.54 Å². The van der Waals surface area contributed by atoms with E-state index in [9.17, 15) is 4.79 Å². The van der Waals surface area contributed by atoms with Crippen molar-refractivity contribution in [1.29, 1.82) is 0 Å². The predicted molar refractivity (Wildman–Crippen MR) is 174 cm³/mol. The molecule has 4 aliphatic carbocycles. The van der Waals surface area contributed by atoms with E-state index in [1.807, 2.05) is 28.8 Å². The summed E-state index contributed by atoms with van der Waals surface area (Å²) in [6.45, 7) is 13.1. The number of hydrogen-bond acceptors (Lipinski definition) is 2. The van der Waals surface area contributed by atoms with Crippen molar-refractivity contribution in [1.82, 2.24) is 4.57 Å². The summed E-state index contributed by atoms with van der Waals surface area (Å²) in [4.78, 5) is 12.9. The first-order valence-corrected chi connectivity index (χ1v) is 17.6. The van der Waals surface area contributed by atoms with E-state index in [1.54, 1.807) is 12.7 Å². The molecule has 2 aromatic rings. The summed E-state index contributed by atoms with van der Waals surface area (Å²) in [5.41, 5.74) is 3.39. The molecule has 1 aromatic carbocycles. The summed E-state index contributed by atoms with van der Waals surface area (Å²) >= 11 is 0. The highest BCUT2D eigenvalue weighted by molar-refractivity contribution is 5.95. The highest BCUT2D eigenvalue weighted by Crippen LogP contribution is 2.67. The van der Waals surface area contributed by atoms with E-state index in [0.717, 1.165) is 53.2 Å². The fourth-order valence-electron chi connectivity index (χ4n) is 10.7. The normalized spacial score (nSPS) is 34.2. The number of rotatable bonds is 10. The topological polar surface area (TPSA) is 35.1 Å². The van der Waals surface area contributed by atoms with Gasteiger partial charge in [0.1, 0.15) is 24.2 Å². The van der Waals surface area contributed by atoms with Crippen LogP contribution in [0.25, 0.3) is 0 Å². The number of benzene rings is 1. The van der Waals surface area contributed by atoms with Crippen LogP contribution in [0.3, 0.4) is 0 Å². The molecule has 0 spiro atoms. The van der Waals surface area contributed by atoms with Gasteiger partial charge in [0.25, 0.3) is 0 Å². The Bertz CT molecular complexity index is 1310. The minimum atomic E-state index is 0.131. The third kappa shape index (κ3) is 5.77. The number of aromatic nitrogens is 2. The van der Waals surface area contributed by atoms with Gasteiger partial charge >= 0.3 is 0 Å². The maximum absolute atomic E-state index is 12.9. The number of hydrogen-bond donors (Lipinski definition) is 0. The van der Waals surface area contributed by atoms with Crippen molar-refractivity contribution >= 4 is 5.78 Å². The van der Waals surface area contributed by atoms with Gasteiger partial charge in [-0.2, -0.15) is 0 Å². The van der Waals surface area contributed by atoms with Crippen molar-refractivity contribution < 1.29 is 14.1 Å². The smallest absolute Gasteiger partial charge is 0.244 e. The quantitative estimate of drug-likeness (QED) is 0.158. The summed E-state index contributed by atoms with van der Waals surface area (Å²) in [7, 11) is 1.65. The highest BCUT2D eigenvalue weighted by Gasteiger charge is 2.59. The number of fused-ring (bicyclic) bond motifs is 5. The van der Waals surface area contributed by atoms with Crippen LogP contribution < -0.4 is 9.30 Å². The van der Waals surface area contributed by atoms with E-state index < -0.39 is 0 Å². The zero-order valence-electron chi connectivity index (χ0n) is 27.9. The van der Waals surface area contributed by atoms with Crippen molar-refractivity contribution in [2.24, 2.45) is 46.3 Å². The van der Waals surface area contributed by atoms with E-state index >= 15 is 0 Å². The van der Waals surface area contributed by atoms with Crippen LogP contribution in [0.5, 0.6) is 5.75 Å². The van der Waals surface area contributed by atoms with Gasteiger partial charge in [0.05, 0.1) is 7.11 Å². The third-order valence-corrected chi connectivity index (χ3v) is 13.2. The lowest BCUT2D eigenvalue weighted by Crippen LogP contribution is -2.50. The highest BCUT2D eigenvalue weighted by atomic mass is 16.5. The maximum Gasteiger partial charge on any atom is 0.244 e. The minimum absolute atomic E-state index is 0.131. The maximum atomic E-state index is 12.9. The minimum Gasteiger partial charge on any atom is -0.497 e. The zero-order valence-corrected chi connectivity index (χ0v) is 27.9. The first-order chi connectivity index (χ1) is 20.6. The van der Waals surface area contributed by atoms with Gasteiger partial charge in [-0.25, -0.2) is 9.13 Å². The molecule has 6 rings (SSSR count). The van der Waals surface area contributed by atoms with Crippen LogP contribution in [0.2, 0.25) is 0 Å². The number of imidazole rings is 1. The standard InChI is InChI=1S/C39H57N2O2/c1-27(2)8-7-9-28(3)34-16-17-35-33-15-12-30-24-31(18-20-38(30,4)36(33)19-21-39(34,35)5)41-23-22-40(26-41)25-37(42)29-10-13-32(43-6)14-11-29/h10-14,22-23,26-28,31,33-36H,7-9,15-21,24-25H2,1-6H3/q+1/t28-,31+,33+,34-,35+,36+,38+,39-/m1/s1. The molecule has 3 fully saturated rings. The summed E-state index contributed by atoms with van der Waals surface area (Å²) < 4.78 is 9.67. The number of ether oxygens (including phenoxy) is 1.